The van der Waals surface area contributed by atoms with E-state index in [0.29, 0.717) is 5.41 Å². The van der Waals surface area contributed by atoms with Crippen LogP contribution in [0.3, 0.4) is 0 Å². The normalized spacial score (nSPS) is 29.9. The first kappa shape index (κ1) is 12.1. The first-order valence-corrected chi connectivity index (χ1v) is 6.65. The van der Waals surface area contributed by atoms with Crippen molar-refractivity contribution in [3.63, 3.8) is 0 Å². The highest BCUT2D eigenvalue weighted by atomic mass is 79.9. The van der Waals surface area contributed by atoms with E-state index in [9.17, 15) is 0 Å². The van der Waals surface area contributed by atoms with Crippen molar-refractivity contribution in [2.45, 2.75) is 39.2 Å². The van der Waals surface area contributed by atoms with Crippen molar-refractivity contribution < 1.29 is 0 Å². The van der Waals surface area contributed by atoms with E-state index in [0.717, 1.165) is 23.2 Å². The number of rotatable bonds is 1. The fourth-order valence-corrected chi connectivity index (χ4v) is 2.87. The summed E-state index contributed by atoms with van der Waals surface area (Å²) < 4.78 is 1.12. The van der Waals surface area contributed by atoms with Crippen LogP contribution in [0.4, 0.5) is 0 Å². The van der Waals surface area contributed by atoms with E-state index in [1.54, 1.807) is 0 Å². The van der Waals surface area contributed by atoms with Gasteiger partial charge in [0.1, 0.15) is 0 Å². The lowest BCUT2D eigenvalue weighted by Crippen LogP contribution is -2.52. The van der Waals surface area contributed by atoms with Crippen molar-refractivity contribution >= 4 is 15.9 Å². The van der Waals surface area contributed by atoms with Gasteiger partial charge in [-0.1, -0.05) is 48.8 Å². The van der Waals surface area contributed by atoms with Crippen molar-refractivity contribution in [1.29, 1.82) is 0 Å². The minimum atomic E-state index is -0.0955. The van der Waals surface area contributed by atoms with Crippen LogP contribution in [-0.2, 0) is 5.54 Å². The van der Waals surface area contributed by atoms with Gasteiger partial charge in [0, 0.05) is 10.0 Å². The molecule has 0 atom stereocenters. The molecule has 0 heterocycles. The molecule has 2 N–H and O–H groups in total. The zero-order valence-corrected chi connectivity index (χ0v) is 11.8. The van der Waals surface area contributed by atoms with E-state index in [1.807, 2.05) is 6.07 Å². The molecule has 0 radical (unpaired) electrons. The predicted octanol–water partition coefficient (Wildman–Crippen LogP) is 4.06. The monoisotopic (exact) mass is 281 g/mol. The summed E-state index contributed by atoms with van der Waals surface area (Å²) in [6, 6.07) is 8.41. The van der Waals surface area contributed by atoms with Crippen LogP contribution in [0.25, 0.3) is 0 Å². The highest BCUT2D eigenvalue weighted by molar-refractivity contribution is 9.10. The molecule has 0 saturated heterocycles. The number of hydrogen-bond acceptors (Lipinski definition) is 1. The molecule has 0 amide bonds. The Morgan fingerprint density at radius 3 is 2.44 bits per heavy atom. The summed E-state index contributed by atoms with van der Waals surface area (Å²) in [5.41, 5.74) is 8.01. The Morgan fingerprint density at radius 1 is 1.31 bits per heavy atom. The van der Waals surface area contributed by atoms with Crippen LogP contribution in [0, 0.1) is 11.3 Å². The molecule has 1 aliphatic carbocycles. The Kier molecular flexibility index (Phi) is 2.92. The lowest BCUT2D eigenvalue weighted by atomic mass is 9.57. The summed E-state index contributed by atoms with van der Waals surface area (Å²) in [5.74, 6) is 0.747. The van der Waals surface area contributed by atoms with Crippen LogP contribution in [0.15, 0.2) is 28.7 Å². The van der Waals surface area contributed by atoms with E-state index in [1.165, 1.54) is 5.56 Å². The van der Waals surface area contributed by atoms with Crippen LogP contribution in [-0.4, -0.2) is 0 Å². The average Bonchev–Trinajstić information content (AvgIpc) is 2.11. The topological polar surface area (TPSA) is 26.0 Å². The number of benzene rings is 1. The molecule has 2 rings (SSSR count). The first-order chi connectivity index (χ1) is 7.31. The van der Waals surface area contributed by atoms with Crippen molar-refractivity contribution in [3.05, 3.63) is 34.3 Å². The van der Waals surface area contributed by atoms with Crippen LogP contribution in [0.5, 0.6) is 0 Å². The molecule has 1 aromatic rings. The summed E-state index contributed by atoms with van der Waals surface area (Å²) in [6.45, 7) is 6.91. The van der Waals surface area contributed by atoms with Crippen LogP contribution in [0.2, 0.25) is 0 Å². The molecule has 1 fully saturated rings. The van der Waals surface area contributed by atoms with Gasteiger partial charge in [0.05, 0.1) is 0 Å². The molecule has 1 nitrogen and oxygen atoms in total. The van der Waals surface area contributed by atoms with Crippen molar-refractivity contribution in [2.75, 3.05) is 0 Å². The third-order valence-corrected chi connectivity index (χ3v) is 4.34. The second-order valence-corrected chi connectivity index (χ2v) is 7.05. The fraction of sp³-hybridized carbons (Fsp3) is 0.571. The standard InChI is InChI=1S/C14H20BrN/c1-13(2,3)11-8-14(16,9-11)10-5-4-6-12(15)7-10/h4-7,11H,8-9,16H2,1-3H3. The largest absolute Gasteiger partial charge is 0.321 e. The summed E-state index contributed by atoms with van der Waals surface area (Å²) >= 11 is 3.51. The molecule has 0 unspecified atom stereocenters. The Morgan fingerprint density at radius 2 is 1.94 bits per heavy atom. The second kappa shape index (κ2) is 3.85. The molecular weight excluding hydrogens is 262 g/mol. The molecule has 0 aromatic heterocycles. The smallest absolute Gasteiger partial charge is 0.0415 e. The van der Waals surface area contributed by atoms with E-state index in [-0.39, 0.29) is 5.54 Å². The highest BCUT2D eigenvalue weighted by Gasteiger charge is 2.46. The Bertz CT molecular complexity index is 386. The minimum Gasteiger partial charge on any atom is -0.321 e. The fourth-order valence-electron chi connectivity index (χ4n) is 2.47. The van der Waals surface area contributed by atoms with Gasteiger partial charge in [0.25, 0.3) is 0 Å². The third kappa shape index (κ3) is 2.18. The summed E-state index contributed by atoms with van der Waals surface area (Å²) in [6.07, 6.45) is 2.21. The maximum absolute atomic E-state index is 6.46. The van der Waals surface area contributed by atoms with E-state index in [4.69, 9.17) is 5.73 Å². The SMILES string of the molecule is CC(C)(C)C1CC(N)(c2cccc(Br)c2)C1. The lowest BCUT2D eigenvalue weighted by Gasteiger charge is -2.51. The maximum Gasteiger partial charge on any atom is 0.0415 e. The van der Waals surface area contributed by atoms with Crippen molar-refractivity contribution in [2.24, 2.45) is 17.1 Å². The maximum atomic E-state index is 6.46. The third-order valence-electron chi connectivity index (χ3n) is 3.85. The van der Waals surface area contributed by atoms with Gasteiger partial charge in [-0.3, -0.25) is 0 Å². The van der Waals surface area contributed by atoms with Gasteiger partial charge in [-0.05, 0) is 41.9 Å². The predicted molar refractivity (Wildman–Crippen MR) is 72.2 cm³/mol. The molecule has 1 aromatic carbocycles. The molecule has 88 valence electrons. The zero-order chi connectivity index (χ0) is 12.0. The Hall–Kier alpha value is -0.340. The molecule has 2 heteroatoms. The Balaban J connectivity index is 2.14. The summed E-state index contributed by atoms with van der Waals surface area (Å²) in [7, 11) is 0. The highest BCUT2D eigenvalue weighted by Crippen LogP contribution is 2.51. The van der Waals surface area contributed by atoms with E-state index in [2.05, 4.69) is 54.9 Å². The van der Waals surface area contributed by atoms with Crippen molar-refractivity contribution in [3.8, 4) is 0 Å². The number of hydrogen-bond donors (Lipinski definition) is 1. The number of nitrogens with two attached hydrogens (primary N) is 1. The number of halogens is 1. The van der Waals surface area contributed by atoms with Gasteiger partial charge in [-0.2, -0.15) is 0 Å². The second-order valence-electron chi connectivity index (χ2n) is 6.14. The van der Waals surface area contributed by atoms with Gasteiger partial charge in [0.2, 0.25) is 0 Å². The van der Waals surface area contributed by atoms with Gasteiger partial charge in [-0.25, -0.2) is 0 Å². The minimum absolute atomic E-state index is 0.0955. The molecule has 1 saturated carbocycles. The first-order valence-electron chi connectivity index (χ1n) is 5.86. The molecule has 16 heavy (non-hydrogen) atoms. The van der Waals surface area contributed by atoms with Gasteiger partial charge in [-0.15, -0.1) is 0 Å². The van der Waals surface area contributed by atoms with Gasteiger partial charge >= 0.3 is 0 Å². The molecule has 0 bridgehead atoms. The quantitative estimate of drug-likeness (QED) is 0.826. The van der Waals surface area contributed by atoms with Crippen LogP contribution < -0.4 is 5.73 Å². The molecule has 0 aliphatic heterocycles. The molecule has 1 aliphatic rings. The Labute approximate surface area is 107 Å². The van der Waals surface area contributed by atoms with Gasteiger partial charge < -0.3 is 5.73 Å². The lowest BCUT2D eigenvalue weighted by molar-refractivity contribution is 0.0489. The van der Waals surface area contributed by atoms with Crippen molar-refractivity contribution in [1.82, 2.24) is 0 Å². The van der Waals surface area contributed by atoms with Crippen LogP contribution >= 0.6 is 15.9 Å². The molecular formula is C14H20BrN. The zero-order valence-electron chi connectivity index (χ0n) is 10.3. The summed E-state index contributed by atoms with van der Waals surface area (Å²) in [5, 5.41) is 0. The van der Waals surface area contributed by atoms with Crippen LogP contribution in [0.1, 0.15) is 39.2 Å². The van der Waals surface area contributed by atoms with E-state index < -0.39 is 0 Å². The molecule has 0 spiro atoms. The average molecular weight is 282 g/mol. The van der Waals surface area contributed by atoms with E-state index >= 15 is 0 Å². The summed E-state index contributed by atoms with van der Waals surface area (Å²) in [4.78, 5) is 0. The van der Waals surface area contributed by atoms with Gasteiger partial charge in [0.15, 0.2) is 0 Å².